The first kappa shape index (κ1) is 16.1. The lowest BCUT2D eigenvalue weighted by atomic mass is 10.1. The molecule has 0 saturated carbocycles. The van der Waals surface area contributed by atoms with Gasteiger partial charge in [-0.15, -0.1) is 0 Å². The number of halogens is 1. The van der Waals surface area contributed by atoms with Crippen LogP contribution < -0.4 is 4.90 Å². The molecule has 1 saturated heterocycles. The molecule has 1 heterocycles. The van der Waals surface area contributed by atoms with Gasteiger partial charge in [-0.25, -0.2) is 4.79 Å². The first-order valence-electron chi connectivity index (χ1n) is 7.27. The van der Waals surface area contributed by atoms with Gasteiger partial charge in [0.1, 0.15) is 5.60 Å². The van der Waals surface area contributed by atoms with Crippen molar-refractivity contribution < 1.29 is 9.53 Å². The number of hydrogen-bond acceptors (Lipinski definition) is 3. The van der Waals surface area contributed by atoms with Crippen LogP contribution in [0.2, 0.25) is 0 Å². The fourth-order valence-electron chi connectivity index (χ4n) is 2.39. The fourth-order valence-corrected chi connectivity index (χ4v) is 2.86. The van der Waals surface area contributed by atoms with Crippen molar-refractivity contribution in [1.29, 1.82) is 0 Å². The van der Waals surface area contributed by atoms with Gasteiger partial charge in [0.25, 0.3) is 0 Å². The first-order chi connectivity index (χ1) is 9.90. The molecule has 1 amide bonds. The molecule has 0 spiro atoms. The van der Waals surface area contributed by atoms with Crippen LogP contribution in [-0.4, -0.2) is 42.8 Å². The van der Waals surface area contributed by atoms with Crippen molar-refractivity contribution in [3.8, 4) is 0 Å². The van der Waals surface area contributed by atoms with Crippen LogP contribution >= 0.6 is 15.9 Å². The molecule has 1 fully saturated rings. The minimum atomic E-state index is -0.434. The smallest absolute Gasteiger partial charge is 0.410 e. The number of benzene rings is 1. The van der Waals surface area contributed by atoms with E-state index in [-0.39, 0.29) is 6.09 Å². The highest BCUT2D eigenvalue weighted by atomic mass is 79.9. The van der Waals surface area contributed by atoms with Crippen LogP contribution in [-0.2, 0) is 10.1 Å². The van der Waals surface area contributed by atoms with Gasteiger partial charge in [0.05, 0.1) is 0 Å². The van der Waals surface area contributed by atoms with Crippen LogP contribution in [0.3, 0.4) is 0 Å². The van der Waals surface area contributed by atoms with Crippen molar-refractivity contribution in [1.82, 2.24) is 4.90 Å². The topological polar surface area (TPSA) is 32.8 Å². The van der Waals surface area contributed by atoms with Gasteiger partial charge in [0.15, 0.2) is 0 Å². The van der Waals surface area contributed by atoms with Crippen LogP contribution in [0.5, 0.6) is 0 Å². The normalized spacial score (nSPS) is 16.0. The monoisotopic (exact) mass is 354 g/mol. The summed E-state index contributed by atoms with van der Waals surface area (Å²) < 4.78 is 5.42. The molecule has 1 aliphatic rings. The number of rotatable bonds is 2. The molecule has 0 atom stereocenters. The molecule has 2 rings (SSSR count). The number of hydrogen-bond donors (Lipinski definition) is 0. The number of ether oxygens (including phenoxy) is 1. The largest absolute Gasteiger partial charge is 0.444 e. The van der Waals surface area contributed by atoms with Crippen LogP contribution in [0.1, 0.15) is 26.3 Å². The van der Waals surface area contributed by atoms with Crippen molar-refractivity contribution in [3.63, 3.8) is 0 Å². The zero-order chi connectivity index (χ0) is 15.5. The number of piperazine rings is 1. The molecular weight excluding hydrogens is 332 g/mol. The average molecular weight is 355 g/mol. The van der Waals surface area contributed by atoms with Crippen molar-refractivity contribution in [2.45, 2.75) is 31.7 Å². The molecule has 1 aliphatic heterocycles. The summed E-state index contributed by atoms with van der Waals surface area (Å²) in [4.78, 5) is 16.2. The first-order valence-corrected chi connectivity index (χ1v) is 8.39. The number of nitrogens with zero attached hydrogens (tertiary/aromatic N) is 2. The maximum atomic E-state index is 12.1. The standard InChI is InChI=1S/C16H23BrN2O2/c1-16(2,3)21-15(20)19-10-8-18(9-11-19)14-7-5-4-6-13(14)12-17/h4-7H,8-12H2,1-3H3. The third-order valence-electron chi connectivity index (χ3n) is 3.41. The van der Waals surface area contributed by atoms with Crippen LogP contribution in [0.4, 0.5) is 10.5 Å². The molecule has 0 aromatic heterocycles. The summed E-state index contributed by atoms with van der Waals surface area (Å²) in [6, 6.07) is 8.38. The minimum Gasteiger partial charge on any atom is -0.444 e. The lowest BCUT2D eigenvalue weighted by Gasteiger charge is -2.37. The van der Waals surface area contributed by atoms with Gasteiger partial charge in [-0.05, 0) is 32.4 Å². The number of amides is 1. The summed E-state index contributed by atoms with van der Waals surface area (Å²) in [5.41, 5.74) is 2.10. The number of carbonyl (C=O) groups excluding carboxylic acids is 1. The van der Waals surface area contributed by atoms with Crippen LogP contribution in [0.25, 0.3) is 0 Å². The molecular formula is C16H23BrN2O2. The van der Waals surface area contributed by atoms with Crippen molar-refractivity contribution in [3.05, 3.63) is 29.8 Å². The van der Waals surface area contributed by atoms with Gasteiger partial charge >= 0.3 is 6.09 Å². The summed E-state index contributed by atoms with van der Waals surface area (Å²) in [6.45, 7) is 8.76. The zero-order valence-electron chi connectivity index (χ0n) is 12.9. The van der Waals surface area contributed by atoms with Gasteiger partial charge < -0.3 is 14.5 Å². The van der Waals surface area contributed by atoms with Crippen molar-refractivity contribution >= 4 is 27.7 Å². The van der Waals surface area contributed by atoms with Gasteiger partial charge in [0, 0.05) is 37.2 Å². The average Bonchev–Trinajstić information content (AvgIpc) is 2.45. The SMILES string of the molecule is CC(C)(C)OC(=O)N1CCN(c2ccccc2CBr)CC1. The Morgan fingerprint density at radius 1 is 1.19 bits per heavy atom. The highest BCUT2D eigenvalue weighted by Crippen LogP contribution is 2.24. The predicted molar refractivity (Wildman–Crippen MR) is 89.1 cm³/mol. The van der Waals surface area contributed by atoms with E-state index >= 15 is 0 Å². The van der Waals surface area contributed by atoms with E-state index in [1.165, 1.54) is 11.3 Å². The Hall–Kier alpha value is -1.23. The highest BCUT2D eigenvalue weighted by Gasteiger charge is 2.26. The summed E-state index contributed by atoms with van der Waals surface area (Å²) in [5.74, 6) is 0. The molecule has 116 valence electrons. The Labute approximate surface area is 135 Å². The van der Waals surface area contributed by atoms with Crippen LogP contribution in [0.15, 0.2) is 24.3 Å². The molecule has 5 heteroatoms. The molecule has 0 bridgehead atoms. The van der Waals surface area contributed by atoms with E-state index in [0.717, 1.165) is 18.4 Å². The van der Waals surface area contributed by atoms with E-state index in [1.807, 2.05) is 20.8 Å². The second kappa shape index (κ2) is 6.69. The Morgan fingerprint density at radius 3 is 2.38 bits per heavy atom. The molecule has 0 N–H and O–H groups in total. The number of para-hydroxylation sites is 1. The quantitative estimate of drug-likeness (QED) is 0.760. The number of carbonyl (C=O) groups is 1. The Bertz CT molecular complexity index is 491. The zero-order valence-corrected chi connectivity index (χ0v) is 14.5. The molecule has 0 radical (unpaired) electrons. The summed E-state index contributed by atoms with van der Waals surface area (Å²) in [7, 11) is 0. The van der Waals surface area contributed by atoms with E-state index in [9.17, 15) is 4.79 Å². The number of alkyl halides is 1. The summed E-state index contributed by atoms with van der Waals surface area (Å²) in [6.07, 6.45) is -0.212. The van der Waals surface area contributed by atoms with E-state index in [2.05, 4.69) is 45.1 Å². The second-order valence-electron chi connectivity index (χ2n) is 6.22. The lowest BCUT2D eigenvalue weighted by Crippen LogP contribution is -2.50. The van der Waals surface area contributed by atoms with Gasteiger partial charge in [-0.3, -0.25) is 0 Å². The summed E-state index contributed by atoms with van der Waals surface area (Å²) in [5, 5.41) is 0.843. The Balaban J connectivity index is 1.96. The second-order valence-corrected chi connectivity index (χ2v) is 6.78. The third-order valence-corrected chi connectivity index (χ3v) is 4.01. The molecule has 0 aliphatic carbocycles. The molecule has 4 nitrogen and oxygen atoms in total. The van der Waals surface area contributed by atoms with E-state index in [0.29, 0.717) is 13.1 Å². The van der Waals surface area contributed by atoms with Gasteiger partial charge in [-0.2, -0.15) is 0 Å². The Kier molecular flexibility index (Phi) is 5.14. The van der Waals surface area contributed by atoms with E-state index in [1.54, 1.807) is 4.90 Å². The molecule has 1 aromatic rings. The van der Waals surface area contributed by atoms with Crippen molar-refractivity contribution in [2.75, 3.05) is 31.1 Å². The predicted octanol–water partition coefficient (Wildman–Crippen LogP) is 3.64. The van der Waals surface area contributed by atoms with Gasteiger partial charge in [-0.1, -0.05) is 34.1 Å². The van der Waals surface area contributed by atoms with Crippen molar-refractivity contribution in [2.24, 2.45) is 0 Å². The Morgan fingerprint density at radius 2 is 1.81 bits per heavy atom. The fraction of sp³-hybridized carbons (Fsp3) is 0.562. The van der Waals surface area contributed by atoms with Crippen LogP contribution in [0, 0.1) is 0 Å². The molecule has 0 unspecified atom stereocenters. The van der Waals surface area contributed by atoms with Gasteiger partial charge in [0.2, 0.25) is 0 Å². The maximum Gasteiger partial charge on any atom is 0.410 e. The summed E-state index contributed by atoms with van der Waals surface area (Å²) >= 11 is 3.53. The minimum absolute atomic E-state index is 0.212. The van der Waals surface area contributed by atoms with E-state index in [4.69, 9.17) is 4.74 Å². The number of anilines is 1. The third kappa shape index (κ3) is 4.37. The maximum absolute atomic E-state index is 12.1. The molecule has 1 aromatic carbocycles. The molecule has 21 heavy (non-hydrogen) atoms. The lowest BCUT2D eigenvalue weighted by molar-refractivity contribution is 0.0240. The van der Waals surface area contributed by atoms with E-state index < -0.39 is 5.60 Å². The highest BCUT2D eigenvalue weighted by molar-refractivity contribution is 9.08.